The Labute approximate surface area is 119 Å². The van der Waals surface area contributed by atoms with E-state index in [2.05, 4.69) is 20.9 Å². The number of halogens is 1. The third-order valence-electron chi connectivity index (χ3n) is 2.91. The molecule has 0 saturated heterocycles. The maximum atomic E-state index is 12.4. The molecule has 0 spiro atoms. The second-order valence-corrected chi connectivity index (χ2v) is 5.15. The van der Waals surface area contributed by atoms with Crippen LogP contribution in [0.15, 0.2) is 47.1 Å². The number of nitrogens with zero attached hydrogens (tertiary/aromatic N) is 2. The molecule has 96 valence electrons. The fourth-order valence-corrected chi connectivity index (χ4v) is 2.34. The second kappa shape index (κ2) is 5.01. The van der Waals surface area contributed by atoms with E-state index >= 15 is 0 Å². The summed E-state index contributed by atoms with van der Waals surface area (Å²) in [5.41, 5.74) is 1.43. The molecule has 1 amide bonds. The number of benzene rings is 1. The van der Waals surface area contributed by atoms with Crippen molar-refractivity contribution in [2.24, 2.45) is 0 Å². The molecule has 0 radical (unpaired) electrons. The van der Waals surface area contributed by atoms with Crippen LogP contribution in [-0.2, 0) is 6.54 Å². The molecule has 0 atom stereocenters. The van der Waals surface area contributed by atoms with Gasteiger partial charge in [-0.05, 0) is 30.3 Å². The first-order valence-electron chi connectivity index (χ1n) is 5.85. The van der Waals surface area contributed by atoms with Crippen molar-refractivity contribution in [3.63, 3.8) is 0 Å². The Bertz CT molecular complexity index is 616. The fourth-order valence-electron chi connectivity index (χ4n) is 1.98. The highest BCUT2D eigenvalue weighted by atomic mass is 79.9. The van der Waals surface area contributed by atoms with Gasteiger partial charge in [0.15, 0.2) is 6.73 Å². The van der Waals surface area contributed by atoms with Crippen molar-refractivity contribution < 1.29 is 9.53 Å². The lowest BCUT2D eigenvalue weighted by Crippen LogP contribution is -2.38. The molecular weight excluding hydrogens is 308 g/mol. The lowest BCUT2D eigenvalue weighted by atomic mass is 10.1. The highest BCUT2D eigenvalue weighted by Gasteiger charge is 2.25. The monoisotopic (exact) mass is 318 g/mol. The van der Waals surface area contributed by atoms with E-state index in [9.17, 15) is 4.79 Å². The standard InChI is InChI=1S/C14H11BrN2O2/c15-10-4-5-13-12(7-10)14(18)17(9-19-13)8-11-3-1-2-6-16-11/h1-7H,8-9H2. The first kappa shape index (κ1) is 12.2. The summed E-state index contributed by atoms with van der Waals surface area (Å²) in [6.07, 6.45) is 1.72. The number of fused-ring (bicyclic) bond motifs is 1. The topological polar surface area (TPSA) is 42.4 Å². The summed E-state index contributed by atoms with van der Waals surface area (Å²) in [5.74, 6) is 0.596. The second-order valence-electron chi connectivity index (χ2n) is 4.24. The molecule has 0 aliphatic carbocycles. The van der Waals surface area contributed by atoms with Gasteiger partial charge in [0.1, 0.15) is 5.75 Å². The van der Waals surface area contributed by atoms with Crippen LogP contribution >= 0.6 is 15.9 Å². The third-order valence-corrected chi connectivity index (χ3v) is 3.41. The van der Waals surface area contributed by atoms with E-state index in [1.54, 1.807) is 23.2 Å². The van der Waals surface area contributed by atoms with Crippen molar-refractivity contribution in [3.05, 3.63) is 58.3 Å². The lowest BCUT2D eigenvalue weighted by molar-refractivity contribution is 0.0495. The number of hydrogen-bond acceptors (Lipinski definition) is 3. The molecule has 0 unspecified atom stereocenters. The molecule has 19 heavy (non-hydrogen) atoms. The van der Waals surface area contributed by atoms with Crippen LogP contribution in [0.25, 0.3) is 0 Å². The summed E-state index contributed by atoms with van der Waals surface area (Å²) < 4.78 is 6.45. The summed E-state index contributed by atoms with van der Waals surface area (Å²) in [7, 11) is 0. The number of carbonyl (C=O) groups excluding carboxylic acids is 1. The highest BCUT2D eigenvalue weighted by molar-refractivity contribution is 9.10. The van der Waals surface area contributed by atoms with Crippen molar-refractivity contribution in [1.82, 2.24) is 9.88 Å². The SMILES string of the molecule is O=C1c2cc(Br)ccc2OCN1Cc1ccccn1. The maximum absolute atomic E-state index is 12.4. The molecule has 3 rings (SSSR count). The number of amides is 1. The minimum absolute atomic E-state index is 0.0341. The van der Waals surface area contributed by atoms with Gasteiger partial charge >= 0.3 is 0 Å². The van der Waals surface area contributed by atoms with Gasteiger partial charge < -0.3 is 4.74 Å². The molecule has 1 aromatic heterocycles. The van der Waals surface area contributed by atoms with Crippen LogP contribution in [0.1, 0.15) is 16.1 Å². The number of hydrogen-bond donors (Lipinski definition) is 0. The average molecular weight is 319 g/mol. The minimum Gasteiger partial charge on any atom is -0.472 e. The molecule has 1 aliphatic rings. The zero-order valence-corrected chi connectivity index (χ0v) is 11.6. The predicted octanol–water partition coefficient (Wildman–Crippen LogP) is 2.84. The van der Waals surface area contributed by atoms with Gasteiger partial charge in [-0.2, -0.15) is 0 Å². The number of carbonyl (C=O) groups is 1. The Morgan fingerprint density at radius 1 is 1.32 bits per heavy atom. The predicted molar refractivity (Wildman–Crippen MR) is 73.7 cm³/mol. The Morgan fingerprint density at radius 2 is 2.21 bits per heavy atom. The van der Waals surface area contributed by atoms with Crippen molar-refractivity contribution in [2.45, 2.75) is 6.54 Å². The quantitative estimate of drug-likeness (QED) is 0.855. The van der Waals surface area contributed by atoms with Crippen LogP contribution in [0, 0.1) is 0 Å². The van der Waals surface area contributed by atoms with Crippen molar-refractivity contribution in [3.8, 4) is 5.75 Å². The van der Waals surface area contributed by atoms with Gasteiger partial charge in [-0.3, -0.25) is 14.7 Å². The van der Waals surface area contributed by atoms with E-state index in [0.717, 1.165) is 10.2 Å². The van der Waals surface area contributed by atoms with Gasteiger partial charge in [-0.1, -0.05) is 22.0 Å². The summed E-state index contributed by atoms with van der Waals surface area (Å²) in [6, 6.07) is 11.1. The number of rotatable bonds is 2. The summed E-state index contributed by atoms with van der Waals surface area (Å²) in [4.78, 5) is 18.2. The lowest BCUT2D eigenvalue weighted by Gasteiger charge is -2.28. The Hall–Kier alpha value is -1.88. The summed E-state index contributed by atoms with van der Waals surface area (Å²) >= 11 is 3.37. The van der Waals surface area contributed by atoms with E-state index in [-0.39, 0.29) is 12.6 Å². The van der Waals surface area contributed by atoms with E-state index in [4.69, 9.17) is 4.74 Å². The summed E-state index contributed by atoms with van der Waals surface area (Å²) in [6.45, 7) is 0.704. The van der Waals surface area contributed by atoms with E-state index in [0.29, 0.717) is 17.9 Å². The third kappa shape index (κ3) is 2.46. The van der Waals surface area contributed by atoms with Crippen LogP contribution in [0.3, 0.4) is 0 Å². The Morgan fingerprint density at radius 3 is 3.00 bits per heavy atom. The number of pyridine rings is 1. The van der Waals surface area contributed by atoms with Gasteiger partial charge in [0.25, 0.3) is 5.91 Å². The number of aromatic nitrogens is 1. The molecule has 2 heterocycles. The average Bonchev–Trinajstić information content (AvgIpc) is 2.44. The molecule has 4 nitrogen and oxygen atoms in total. The molecule has 0 fully saturated rings. The first-order chi connectivity index (χ1) is 9.24. The first-order valence-corrected chi connectivity index (χ1v) is 6.65. The molecule has 1 aromatic carbocycles. The molecule has 2 aromatic rings. The molecule has 0 bridgehead atoms. The summed E-state index contributed by atoms with van der Waals surface area (Å²) in [5, 5.41) is 0. The van der Waals surface area contributed by atoms with Gasteiger partial charge in [0.05, 0.1) is 17.8 Å². The van der Waals surface area contributed by atoms with Crippen molar-refractivity contribution in [1.29, 1.82) is 0 Å². The Kier molecular flexibility index (Phi) is 3.21. The van der Waals surface area contributed by atoms with Crippen LogP contribution in [0.2, 0.25) is 0 Å². The highest BCUT2D eigenvalue weighted by Crippen LogP contribution is 2.28. The minimum atomic E-state index is -0.0341. The Balaban J connectivity index is 1.85. The van der Waals surface area contributed by atoms with Crippen molar-refractivity contribution >= 4 is 21.8 Å². The van der Waals surface area contributed by atoms with Crippen LogP contribution in [0.4, 0.5) is 0 Å². The van der Waals surface area contributed by atoms with Crippen LogP contribution in [-0.4, -0.2) is 22.5 Å². The van der Waals surface area contributed by atoms with Gasteiger partial charge in [-0.15, -0.1) is 0 Å². The van der Waals surface area contributed by atoms with Gasteiger partial charge in [0.2, 0.25) is 0 Å². The van der Waals surface area contributed by atoms with E-state index in [1.165, 1.54) is 0 Å². The normalized spacial score (nSPS) is 13.9. The largest absolute Gasteiger partial charge is 0.472 e. The van der Waals surface area contributed by atoms with Crippen LogP contribution in [0.5, 0.6) is 5.75 Å². The fraction of sp³-hybridized carbons (Fsp3) is 0.143. The molecule has 0 N–H and O–H groups in total. The number of ether oxygens (including phenoxy) is 1. The van der Waals surface area contributed by atoms with Gasteiger partial charge in [-0.25, -0.2) is 0 Å². The zero-order valence-electron chi connectivity index (χ0n) is 10.0. The molecule has 1 aliphatic heterocycles. The molecular formula is C14H11BrN2O2. The van der Waals surface area contributed by atoms with Crippen LogP contribution < -0.4 is 4.74 Å². The molecule has 0 saturated carbocycles. The zero-order chi connectivity index (χ0) is 13.2. The smallest absolute Gasteiger partial charge is 0.260 e. The molecule has 5 heteroatoms. The maximum Gasteiger partial charge on any atom is 0.260 e. The van der Waals surface area contributed by atoms with E-state index < -0.39 is 0 Å². The van der Waals surface area contributed by atoms with E-state index in [1.807, 2.05) is 24.3 Å². The van der Waals surface area contributed by atoms with Gasteiger partial charge in [0, 0.05) is 10.7 Å². The van der Waals surface area contributed by atoms with Crippen molar-refractivity contribution in [2.75, 3.05) is 6.73 Å².